The number of rotatable bonds is 5. The third-order valence-electron chi connectivity index (χ3n) is 2.73. The summed E-state index contributed by atoms with van der Waals surface area (Å²) < 4.78 is 5.52. The van der Waals surface area contributed by atoms with Crippen molar-refractivity contribution in [3.63, 3.8) is 0 Å². The second-order valence-electron chi connectivity index (χ2n) is 4.44. The minimum atomic E-state index is -0.467. The molecule has 0 amide bonds. The molecule has 0 aliphatic heterocycles. The molecule has 21 heavy (non-hydrogen) atoms. The van der Waals surface area contributed by atoms with Gasteiger partial charge in [-0.1, -0.05) is 0 Å². The van der Waals surface area contributed by atoms with Crippen molar-refractivity contribution in [1.29, 1.82) is 0 Å². The molecule has 1 aromatic heterocycles. The second-order valence-corrected chi connectivity index (χ2v) is 4.44. The van der Waals surface area contributed by atoms with E-state index in [1.54, 1.807) is 37.2 Å². The van der Waals surface area contributed by atoms with Crippen LogP contribution in [-0.2, 0) is 0 Å². The van der Waals surface area contributed by atoms with Crippen LogP contribution in [0.4, 0.5) is 11.4 Å². The number of carbonyl (C=O) groups excluding carboxylic acids is 1. The predicted octanol–water partition coefficient (Wildman–Crippen LogP) is 2.66. The van der Waals surface area contributed by atoms with Gasteiger partial charge in [0.15, 0.2) is 6.29 Å². The molecule has 0 aliphatic rings. The maximum Gasteiger partial charge on any atom is 0.296 e. The Balaban J connectivity index is 2.34. The minimum absolute atomic E-state index is 0.0535. The summed E-state index contributed by atoms with van der Waals surface area (Å²) in [7, 11) is 3.45. The first-order chi connectivity index (χ1) is 10.0. The fourth-order valence-electron chi connectivity index (χ4n) is 1.78. The zero-order chi connectivity index (χ0) is 15.4. The van der Waals surface area contributed by atoms with Crippen LogP contribution in [-0.4, -0.2) is 30.3 Å². The molecule has 7 nitrogen and oxygen atoms in total. The summed E-state index contributed by atoms with van der Waals surface area (Å²) in [5, 5.41) is 11.1. The Hall–Kier alpha value is -2.96. The molecule has 0 N–H and O–H groups in total. The summed E-state index contributed by atoms with van der Waals surface area (Å²) in [6, 6.07) is 7.60. The molecule has 108 valence electrons. The number of ether oxygens (including phenoxy) is 1. The maximum absolute atomic E-state index is 11.1. The van der Waals surface area contributed by atoms with Gasteiger partial charge in [-0.15, -0.1) is 0 Å². The first-order valence-electron chi connectivity index (χ1n) is 6.06. The van der Waals surface area contributed by atoms with E-state index in [0.29, 0.717) is 23.5 Å². The highest BCUT2D eigenvalue weighted by Crippen LogP contribution is 2.32. The molecular weight excluding hydrogens is 274 g/mol. The molecule has 0 unspecified atom stereocenters. The van der Waals surface area contributed by atoms with Crippen molar-refractivity contribution in [3.05, 3.63) is 52.3 Å². The number of nitrogens with zero attached hydrogens (tertiary/aromatic N) is 3. The Morgan fingerprint density at radius 3 is 2.57 bits per heavy atom. The van der Waals surface area contributed by atoms with Crippen LogP contribution in [0.15, 0.2) is 36.5 Å². The fourth-order valence-corrected chi connectivity index (χ4v) is 1.78. The molecule has 0 aliphatic carbocycles. The standard InChI is InChI=1S/C14H13N3O4/c1-16(2)13-4-3-11(8-14(13)17(19)20)21-12-5-6-15-10(7-12)9-18/h3-9H,1-2H3. The molecule has 0 saturated carbocycles. The van der Waals surface area contributed by atoms with Crippen molar-refractivity contribution >= 4 is 17.7 Å². The summed E-state index contributed by atoms with van der Waals surface area (Å²) in [5.74, 6) is 0.703. The zero-order valence-corrected chi connectivity index (χ0v) is 11.5. The topological polar surface area (TPSA) is 85.6 Å². The van der Waals surface area contributed by atoms with Gasteiger partial charge in [0, 0.05) is 26.4 Å². The average molecular weight is 287 g/mol. The van der Waals surface area contributed by atoms with Gasteiger partial charge in [0.25, 0.3) is 5.69 Å². The lowest BCUT2D eigenvalue weighted by Crippen LogP contribution is -2.10. The van der Waals surface area contributed by atoms with E-state index >= 15 is 0 Å². The highest BCUT2D eigenvalue weighted by Gasteiger charge is 2.17. The Kier molecular flexibility index (Phi) is 4.13. The summed E-state index contributed by atoms with van der Waals surface area (Å²) >= 11 is 0. The molecule has 0 bridgehead atoms. The van der Waals surface area contributed by atoms with Crippen molar-refractivity contribution in [2.24, 2.45) is 0 Å². The van der Waals surface area contributed by atoms with Crippen LogP contribution in [0.25, 0.3) is 0 Å². The van der Waals surface area contributed by atoms with E-state index in [4.69, 9.17) is 4.74 Å². The van der Waals surface area contributed by atoms with E-state index in [0.717, 1.165) is 0 Å². The lowest BCUT2D eigenvalue weighted by Gasteiger charge is -2.13. The van der Waals surface area contributed by atoms with Gasteiger partial charge >= 0.3 is 0 Å². The normalized spacial score (nSPS) is 10.0. The van der Waals surface area contributed by atoms with Gasteiger partial charge in [-0.05, 0) is 18.2 Å². The number of aromatic nitrogens is 1. The van der Waals surface area contributed by atoms with Crippen LogP contribution in [0.5, 0.6) is 11.5 Å². The predicted molar refractivity (Wildman–Crippen MR) is 77.1 cm³/mol. The second kappa shape index (κ2) is 6.00. The Bertz CT molecular complexity index is 686. The maximum atomic E-state index is 11.1. The highest BCUT2D eigenvalue weighted by atomic mass is 16.6. The summed E-state index contributed by atoms with van der Waals surface area (Å²) in [4.78, 5) is 26.8. The molecule has 1 aromatic carbocycles. The Morgan fingerprint density at radius 2 is 1.95 bits per heavy atom. The van der Waals surface area contributed by atoms with Gasteiger partial charge < -0.3 is 9.64 Å². The van der Waals surface area contributed by atoms with Crippen molar-refractivity contribution in [2.45, 2.75) is 0 Å². The van der Waals surface area contributed by atoms with Gasteiger partial charge in [-0.25, -0.2) is 0 Å². The average Bonchev–Trinajstić information content (AvgIpc) is 2.47. The van der Waals surface area contributed by atoms with Crippen LogP contribution in [0.1, 0.15) is 10.5 Å². The monoisotopic (exact) mass is 287 g/mol. The molecule has 2 rings (SSSR count). The number of nitro groups is 1. The number of pyridine rings is 1. The molecule has 7 heteroatoms. The van der Waals surface area contributed by atoms with E-state index < -0.39 is 4.92 Å². The summed E-state index contributed by atoms with van der Waals surface area (Å²) in [6.07, 6.45) is 2.03. The highest BCUT2D eigenvalue weighted by molar-refractivity contribution is 5.72. The van der Waals surface area contributed by atoms with Crippen molar-refractivity contribution in [1.82, 2.24) is 4.98 Å². The molecule has 2 aromatic rings. The number of hydrogen-bond donors (Lipinski definition) is 0. The van der Waals surface area contributed by atoms with Gasteiger partial charge in [0.05, 0.1) is 11.0 Å². The lowest BCUT2D eigenvalue weighted by molar-refractivity contribution is -0.384. The van der Waals surface area contributed by atoms with Crippen molar-refractivity contribution in [3.8, 4) is 11.5 Å². The summed E-state index contributed by atoms with van der Waals surface area (Å²) in [5.41, 5.74) is 0.657. The molecule has 0 atom stereocenters. The van der Waals surface area contributed by atoms with E-state index in [2.05, 4.69) is 4.98 Å². The van der Waals surface area contributed by atoms with E-state index in [-0.39, 0.29) is 11.4 Å². The number of aldehydes is 1. The molecule has 1 heterocycles. The molecule has 0 saturated heterocycles. The molecular formula is C14H13N3O4. The van der Waals surface area contributed by atoms with Crippen molar-refractivity contribution in [2.75, 3.05) is 19.0 Å². The third kappa shape index (κ3) is 3.33. The smallest absolute Gasteiger partial charge is 0.296 e. The lowest BCUT2D eigenvalue weighted by atomic mass is 10.2. The largest absolute Gasteiger partial charge is 0.457 e. The number of hydrogen-bond acceptors (Lipinski definition) is 6. The number of benzene rings is 1. The number of carbonyl (C=O) groups is 1. The van der Waals surface area contributed by atoms with Crippen molar-refractivity contribution < 1.29 is 14.5 Å². The van der Waals surface area contributed by atoms with Crippen LogP contribution in [0.3, 0.4) is 0 Å². The SMILES string of the molecule is CN(C)c1ccc(Oc2ccnc(C=O)c2)cc1[N+](=O)[O-]. The van der Waals surface area contributed by atoms with Crippen LogP contribution in [0.2, 0.25) is 0 Å². The number of anilines is 1. The summed E-state index contributed by atoms with van der Waals surface area (Å²) in [6.45, 7) is 0. The quantitative estimate of drug-likeness (QED) is 0.477. The molecule has 0 spiro atoms. The number of nitro benzene ring substituents is 1. The fraction of sp³-hybridized carbons (Fsp3) is 0.143. The van der Waals surface area contributed by atoms with Gasteiger partial charge in [0.2, 0.25) is 0 Å². The van der Waals surface area contributed by atoms with Gasteiger partial charge in [0.1, 0.15) is 22.9 Å². The van der Waals surface area contributed by atoms with E-state index in [9.17, 15) is 14.9 Å². The van der Waals surface area contributed by atoms with Gasteiger partial charge in [-0.2, -0.15) is 0 Å². The first kappa shape index (κ1) is 14.4. The minimum Gasteiger partial charge on any atom is -0.457 e. The third-order valence-corrected chi connectivity index (χ3v) is 2.73. The zero-order valence-electron chi connectivity index (χ0n) is 11.5. The van der Waals surface area contributed by atoms with Crippen LogP contribution >= 0.6 is 0 Å². The van der Waals surface area contributed by atoms with E-state index in [1.165, 1.54) is 18.3 Å². The van der Waals surface area contributed by atoms with Crippen LogP contribution in [0, 0.1) is 10.1 Å². The molecule has 0 fully saturated rings. The Morgan fingerprint density at radius 1 is 1.24 bits per heavy atom. The van der Waals surface area contributed by atoms with E-state index in [1.807, 2.05) is 0 Å². The Labute approximate surface area is 120 Å². The van der Waals surface area contributed by atoms with Crippen LogP contribution < -0.4 is 9.64 Å². The molecule has 0 radical (unpaired) electrons. The van der Waals surface area contributed by atoms with Gasteiger partial charge in [-0.3, -0.25) is 19.9 Å². The first-order valence-corrected chi connectivity index (χ1v) is 6.06.